The van der Waals surface area contributed by atoms with Crippen LogP contribution in [0.3, 0.4) is 0 Å². The zero-order chi connectivity index (χ0) is 8.10. The van der Waals surface area contributed by atoms with Crippen LogP contribution in [0, 0.1) is 0 Å². The van der Waals surface area contributed by atoms with Gasteiger partial charge in [0, 0.05) is 4.90 Å². The molecule has 2 nitrogen and oxygen atoms in total. The number of rotatable bonds is 3. The van der Waals surface area contributed by atoms with Crippen molar-refractivity contribution < 1.29 is 4.79 Å². The van der Waals surface area contributed by atoms with E-state index in [0.717, 1.165) is 28.0 Å². The summed E-state index contributed by atoms with van der Waals surface area (Å²) >= 11 is 1.11. The minimum absolute atomic E-state index is 0.754. The number of carbonyl (C=O) groups excluding carboxylic acids is 1. The number of para-hydroxylation sites is 1. The van der Waals surface area contributed by atoms with E-state index in [0.29, 0.717) is 0 Å². The molecule has 0 aliphatic carbocycles. The third kappa shape index (κ3) is 1.91. The summed E-state index contributed by atoms with van der Waals surface area (Å²) in [5, 5.41) is 0. The van der Waals surface area contributed by atoms with Gasteiger partial charge in [0.2, 0.25) is 0 Å². The minimum Gasteiger partial charge on any atom is -0.291 e. The Bertz CT molecular complexity index is 273. The summed E-state index contributed by atoms with van der Waals surface area (Å²) in [5.74, 6) is 0. The number of nitrogens with zero attached hydrogens (tertiary/aromatic N) is 1. The number of hydrogen-bond acceptors (Lipinski definition) is 3. The standard InChI is InChI=1S/C8H7NOS/c1-9-7-4-2-3-5-8(7)11-6-10/h2-6H,1H2. The van der Waals surface area contributed by atoms with Gasteiger partial charge in [0.05, 0.1) is 5.69 Å². The molecule has 1 aromatic carbocycles. The van der Waals surface area contributed by atoms with E-state index in [2.05, 4.69) is 11.7 Å². The Hall–Kier alpha value is -1.09. The minimum atomic E-state index is 0.754. The molecule has 0 saturated heterocycles. The normalized spacial score (nSPS) is 9.09. The van der Waals surface area contributed by atoms with Crippen LogP contribution >= 0.6 is 11.8 Å². The number of thioether (sulfide) groups is 1. The second-order valence-corrected chi connectivity index (χ2v) is 2.71. The van der Waals surface area contributed by atoms with E-state index >= 15 is 0 Å². The van der Waals surface area contributed by atoms with E-state index in [9.17, 15) is 4.79 Å². The van der Waals surface area contributed by atoms with Crippen LogP contribution in [0.15, 0.2) is 34.2 Å². The van der Waals surface area contributed by atoms with Crippen LogP contribution in [0.2, 0.25) is 0 Å². The Balaban J connectivity index is 3.01. The third-order valence-corrected chi connectivity index (χ3v) is 1.91. The van der Waals surface area contributed by atoms with Gasteiger partial charge in [0.1, 0.15) is 0 Å². The highest BCUT2D eigenvalue weighted by Gasteiger charge is 1.97. The van der Waals surface area contributed by atoms with Gasteiger partial charge >= 0.3 is 0 Å². The molecule has 0 radical (unpaired) electrons. The first-order chi connectivity index (χ1) is 5.38. The predicted molar refractivity (Wildman–Crippen MR) is 48.3 cm³/mol. The summed E-state index contributed by atoms with van der Waals surface area (Å²) in [6, 6.07) is 7.38. The second-order valence-electron chi connectivity index (χ2n) is 1.84. The maximum absolute atomic E-state index is 10.1. The fourth-order valence-electron chi connectivity index (χ4n) is 0.739. The maximum atomic E-state index is 10.1. The topological polar surface area (TPSA) is 29.4 Å². The van der Waals surface area contributed by atoms with Gasteiger partial charge in [-0.25, -0.2) is 0 Å². The van der Waals surface area contributed by atoms with Crippen molar-refractivity contribution in [2.75, 3.05) is 0 Å². The summed E-state index contributed by atoms with van der Waals surface area (Å²) in [5.41, 5.74) is 1.54. The quantitative estimate of drug-likeness (QED) is 0.390. The summed E-state index contributed by atoms with van der Waals surface area (Å²) in [4.78, 5) is 14.7. The monoisotopic (exact) mass is 165 g/mol. The first kappa shape index (κ1) is 8.01. The van der Waals surface area contributed by atoms with Crippen LogP contribution in [-0.2, 0) is 4.79 Å². The van der Waals surface area contributed by atoms with E-state index in [-0.39, 0.29) is 0 Å². The fourth-order valence-corrected chi connectivity index (χ4v) is 1.25. The van der Waals surface area contributed by atoms with E-state index in [1.165, 1.54) is 0 Å². The molecule has 56 valence electrons. The van der Waals surface area contributed by atoms with Gasteiger partial charge in [0.25, 0.3) is 0 Å². The molecule has 0 amide bonds. The van der Waals surface area contributed by atoms with E-state index < -0.39 is 0 Å². The second kappa shape index (κ2) is 3.93. The summed E-state index contributed by atoms with van der Waals surface area (Å²) < 4.78 is 0. The van der Waals surface area contributed by atoms with Crippen molar-refractivity contribution in [1.29, 1.82) is 0 Å². The molecule has 0 atom stereocenters. The molecule has 0 fully saturated rings. The van der Waals surface area contributed by atoms with Gasteiger partial charge < -0.3 is 0 Å². The van der Waals surface area contributed by atoms with Crippen molar-refractivity contribution in [1.82, 2.24) is 0 Å². The zero-order valence-corrected chi connectivity index (χ0v) is 6.67. The van der Waals surface area contributed by atoms with Crippen LogP contribution in [0.25, 0.3) is 0 Å². The molecular formula is C8H7NOS. The Kier molecular flexibility index (Phi) is 2.86. The largest absolute Gasteiger partial charge is 0.291 e. The molecule has 0 aromatic heterocycles. The third-order valence-electron chi connectivity index (χ3n) is 1.21. The van der Waals surface area contributed by atoms with Gasteiger partial charge in [-0.15, -0.1) is 0 Å². The SMILES string of the molecule is C=Nc1ccccc1SC=O. The van der Waals surface area contributed by atoms with Gasteiger partial charge in [-0.1, -0.05) is 23.9 Å². The van der Waals surface area contributed by atoms with Crippen molar-refractivity contribution in [2.24, 2.45) is 4.99 Å². The van der Waals surface area contributed by atoms with E-state index in [1.54, 1.807) is 0 Å². The summed E-state index contributed by atoms with van der Waals surface area (Å²) in [6.07, 6.45) is 0. The Morgan fingerprint density at radius 2 is 2.18 bits per heavy atom. The molecule has 3 heteroatoms. The fraction of sp³-hybridized carbons (Fsp3) is 0. The number of hydrogen-bond donors (Lipinski definition) is 0. The maximum Gasteiger partial charge on any atom is 0.181 e. The molecule has 0 saturated carbocycles. The molecule has 0 aliphatic rings. The highest BCUT2D eigenvalue weighted by atomic mass is 32.2. The Labute approximate surface area is 69.3 Å². The van der Waals surface area contributed by atoms with Gasteiger partial charge in [0.15, 0.2) is 5.62 Å². The van der Waals surface area contributed by atoms with Crippen LogP contribution in [0.1, 0.15) is 0 Å². The first-order valence-electron chi connectivity index (χ1n) is 3.04. The van der Waals surface area contributed by atoms with Crippen molar-refractivity contribution in [3.8, 4) is 0 Å². The van der Waals surface area contributed by atoms with Crippen molar-refractivity contribution in [3.63, 3.8) is 0 Å². The van der Waals surface area contributed by atoms with Crippen molar-refractivity contribution in [3.05, 3.63) is 24.3 Å². The first-order valence-corrected chi connectivity index (χ1v) is 3.92. The highest BCUT2D eigenvalue weighted by molar-refractivity contribution is 8.12. The average Bonchev–Trinajstić information content (AvgIpc) is 2.06. The molecule has 0 spiro atoms. The van der Waals surface area contributed by atoms with Gasteiger partial charge in [-0.3, -0.25) is 9.79 Å². The molecular weight excluding hydrogens is 158 g/mol. The van der Waals surface area contributed by atoms with Crippen LogP contribution < -0.4 is 0 Å². The number of benzene rings is 1. The Morgan fingerprint density at radius 3 is 2.82 bits per heavy atom. The van der Waals surface area contributed by atoms with E-state index in [4.69, 9.17) is 0 Å². The molecule has 0 heterocycles. The van der Waals surface area contributed by atoms with Gasteiger partial charge in [-0.2, -0.15) is 0 Å². The molecule has 0 N–H and O–H groups in total. The van der Waals surface area contributed by atoms with Gasteiger partial charge in [-0.05, 0) is 18.9 Å². The lowest BCUT2D eigenvalue weighted by Gasteiger charge is -1.97. The van der Waals surface area contributed by atoms with Crippen LogP contribution in [0.5, 0.6) is 0 Å². The molecule has 0 bridgehead atoms. The van der Waals surface area contributed by atoms with Crippen LogP contribution in [-0.4, -0.2) is 12.3 Å². The van der Waals surface area contributed by atoms with Crippen molar-refractivity contribution in [2.45, 2.75) is 4.90 Å². The zero-order valence-electron chi connectivity index (χ0n) is 5.86. The number of carbonyl (C=O) groups is 1. The van der Waals surface area contributed by atoms with E-state index in [1.807, 2.05) is 24.3 Å². The molecule has 1 aromatic rings. The molecule has 1 rings (SSSR count). The molecule has 0 unspecified atom stereocenters. The average molecular weight is 165 g/mol. The predicted octanol–water partition coefficient (Wildman–Crippen LogP) is 2.30. The summed E-state index contributed by atoms with van der Waals surface area (Å²) in [7, 11) is 0. The summed E-state index contributed by atoms with van der Waals surface area (Å²) in [6.45, 7) is 3.39. The number of aliphatic imine (C=N–C) groups is 1. The molecule has 0 aliphatic heterocycles. The highest BCUT2D eigenvalue weighted by Crippen LogP contribution is 2.26. The van der Waals surface area contributed by atoms with Crippen LogP contribution in [0.4, 0.5) is 5.69 Å². The lowest BCUT2D eigenvalue weighted by Crippen LogP contribution is -1.71. The molecule has 11 heavy (non-hydrogen) atoms. The lowest BCUT2D eigenvalue weighted by atomic mass is 10.3. The smallest absolute Gasteiger partial charge is 0.181 e. The lowest BCUT2D eigenvalue weighted by molar-refractivity contribution is 0.570. The Morgan fingerprint density at radius 1 is 1.45 bits per heavy atom. The van der Waals surface area contributed by atoms with Crippen molar-refractivity contribution >= 4 is 29.8 Å².